The third-order valence-electron chi connectivity index (χ3n) is 3.07. The summed E-state index contributed by atoms with van der Waals surface area (Å²) in [5.41, 5.74) is 7.98. The van der Waals surface area contributed by atoms with E-state index < -0.39 is 0 Å². The van der Waals surface area contributed by atoms with Gasteiger partial charge in [0, 0.05) is 22.8 Å². The van der Waals surface area contributed by atoms with Crippen molar-refractivity contribution in [3.63, 3.8) is 0 Å². The van der Waals surface area contributed by atoms with Crippen molar-refractivity contribution in [2.45, 2.75) is 13.0 Å². The van der Waals surface area contributed by atoms with Crippen LogP contribution < -0.4 is 15.8 Å². The molecule has 3 N–H and O–H groups in total. The SMILES string of the molecule is COc1cccc(Cl)c1CNC(=O)Cc1cccc(N)c1. The number of carbonyl (C=O) groups is 1. The highest BCUT2D eigenvalue weighted by Gasteiger charge is 2.09. The van der Waals surface area contributed by atoms with Crippen LogP contribution in [0, 0.1) is 0 Å². The average molecular weight is 305 g/mol. The molecule has 2 aromatic carbocycles. The fourth-order valence-corrected chi connectivity index (χ4v) is 2.27. The molecule has 0 aliphatic carbocycles. The van der Waals surface area contributed by atoms with E-state index in [1.165, 1.54) is 0 Å². The lowest BCUT2D eigenvalue weighted by molar-refractivity contribution is -0.120. The molecule has 0 aromatic heterocycles. The summed E-state index contributed by atoms with van der Waals surface area (Å²) in [4.78, 5) is 12.0. The van der Waals surface area contributed by atoms with Crippen molar-refractivity contribution in [3.8, 4) is 5.75 Å². The first-order chi connectivity index (χ1) is 10.1. The number of methoxy groups -OCH3 is 1. The molecule has 0 fully saturated rings. The van der Waals surface area contributed by atoms with Crippen molar-refractivity contribution in [1.82, 2.24) is 5.32 Å². The van der Waals surface area contributed by atoms with Gasteiger partial charge in [0.25, 0.3) is 0 Å². The maximum Gasteiger partial charge on any atom is 0.224 e. The summed E-state index contributed by atoms with van der Waals surface area (Å²) in [6.45, 7) is 0.323. The average Bonchev–Trinajstić information content (AvgIpc) is 2.45. The molecule has 0 spiro atoms. The molecule has 0 atom stereocenters. The number of nitrogen functional groups attached to an aromatic ring is 1. The topological polar surface area (TPSA) is 64.3 Å². The van der Waals surface area contributed by atoms with Crippen LogP contribution in [0.5, 0.6) is 5.75 Å². The van der Waals surface area contributed by atoms with Gasteiger partial charge in [-0.15, -0.1) is 0 Å². The van der Waals surface area contributed by atoms with Crippen LogP contribution in [-0.2, 0) is 17.8 Å². The van der Waals surface area contributed by atoms with Gasteiger partial charge in [-0.3, -0.25) is 4.79 Å². The van der Waals surface area contributed by atoms with Crippen molar-refractivity contribution < 1.29 is 9.53 Å². The number of ether oxygens (including phenoxy) is 1. The fraction of sp³-hybridized carbons (Fsp3) is 0.188. The molecule has 4 nitrogen and oxygen atoms in total. The highest BCUT2D eigenvalue weighted by atomic mass is 35.5. The quantitative estimate of drug-likeness (QED) is 0.835. The van der Waals surface area contributed by atoms with Gasteiger partial charge in [-0.2, -0.15) is 0 Å². The summed E-state index contributed by atoms with van der Waals surface area (Å²) >= 11 is 6.12. The zero-order valence-corrected chi connectivity index (χ0v) is 12.5. The van der Waals surface area contributed by atoms with Crippen LogP contribution in [0.1, 0.15) is 11.1 Å². The predicted molar refractivity (Wildman–Crippen MR) is 84.4 cm³/mol. The van der Waals surface area contributed by atoms with E-state index in [0.29, 0.717) is 23.0 Å². The summed E-state index contributed by atoms with van der Waals surface area (Å²) in [7, 11) is 1.57. The van der Waals surface area contributed by atoms with E-state index in [9.17, 15) is 4.79 Å². The highest BCUT2D eigenvalue weighted by Crippen LogP contribution is 2.25. The number of halogens is 1. The van der Waals surface area contributed by atoms with Crippen LogP contribution in [0.2, 0.25) is 5.02 Å². The Labute approximate surface area is 128 Å². The number of anilines is 1. The number of amides is 1. The van der Waals surface area contributed by atoms with E-state index in [4.69, 9.17) is 22.1 Å². The molecule has 0 saturated carbocycles. The monoisotopic (exact) mass is 304 g/mol. The summed E-state index contributed by atoms with van der Waals surface area (Å²) in [5, 5.41) is 3.41. The van der Waals surface area contributed by atoms with E-state index in [0.717, 1.165) is 11.1 Å². The van der Waals surface area contributed by atoms with Crippen LogP contribution in [0.15, 0.2) is 42.5 Å². The maximum atomic E-state index is 12.0. The number of hydrogen-bond acceptors (Lipinski definition) is 3. The lowest BCUT2D eigenvalue weighted by atomic mass is 10.1. The molecule has 0 saturated heterocycles. The summed E-state index contributed by atoms with van der Waals surface area (Å²) < 4.78 is 5.24. The summed E-state index contributed by atoms with van der Waals surface area (Å²) in [6, 6.07) is 12.7. The molecular weight excluding hydrogens is 288 g/mol. The standard InChI is InChI=1S/C16H17ClN2O2/c1-21-15-7-3-6-14(17)13(15)10-19-16(20)9-11-4-2-5-12(18)8-11/h2-8H,9-10,18H2,1H3,(H,19,20). The van der Waals surface area contributed by atoms with E-state index in [2.05, 4.69) is 5.32 Å². The van der Waals surface area contributed by atoms with E-state index in [1.807, 2.05) is 18.2 Å². The van der Waals surface area contributed by atoms with E-state index in [1.54, 1.807) is 31.4 Å². The Hall–Kier alpha value is -2.20. The number of benzene rings is 2. The second kappa shape index (κ2) is 6.99. The molecule has 5 heteroatoms. The van der Waals surface area contributed by atoms with Crippen LogP contribution in [0.4, 0.5) is 5.69 Å². The van der Waals surface area contributed by atoms with Crippen LogP contribution in [-0.4, -0.2) is 13.0 Å². The minimum absolute atomic E-state index is 0.0948. The summed E-state index contributed by atoms with van der Waals surface area (Å²) in [6.07, 6.45) is 0.276. The number of nitrogens with two attached hydrogens (primary N) is 1. The minimum atomic E-state index is -0.0948. The molecular formula is C16H17ClN2O2. The van der Waals surface area contributed by atoms with E-state index >= 15 is 0 Å². The molecule has 0 radical (unpaired) electrons. The van der Waals surface area contributed by atoms with Gasteiger partial charge in [0.05, 0.1) is 13.5 Å². The second-order valence-corrected chi connectivity index (χ2v) is 5.03. The molecule has 110 valence electrons. The highest BCUT2D eigenvalue weighted by molar-refractivity contribution is 6.31. The zero-order valence-electron chi connectivity index (χ0n) is 11.7. The Balaban J connectivity index is 1.99. The third-order valence-corrected chi connectivity index (χ3v) is 3.43. The minimum Gasteiger partial charge on any atom is -0.496 e. The van der Waals surface area contributed by atoms with Gasteiger partial charge in [-0.05, 0) is 29.8 Å². The second-order valence-electron chi connectivity index (χ2n) is 4.62. The van der Waals surface area contributed by atoms with Crippen molar-refractivity contribution >= 4 is 23.2 Å². The normalized spacial score (nSPS) is 10.2. The van der Waals surface area contributed by atoms with Crippen molar-refractivity contribution in [3.05, 3.63) is 58.6 Å². The number of carbonyl (C=O) groups excluding carboxylic acids is 1. The first-order valence-electron chi connectivity index (χ1n) is 6.52. The number of rotatable bonds is 5. The smallest absolute Gasteiger partial charge is 0.224 e. The Morgan fingerprint density at radius 2 is 2.05 bits per heavy atom. The van der Waals surface area contributed by atoms with Gasteiger partial charge >= 0.3 is 0 Å². The predicted octanol–water partition coefficient (Wildman–Crippen LogP) is 2.79. The van der Waals surface area contributed by atoms with Crippen LogP contribution in [0.3, 0.4) is 0 Å². The van der Waals surface area contributed by atoms with Crippen molar-refractivity contribution in [2.24, 2.45) is 0 Å². The first kappa shape index (κ1) is 15.2. The van der Waals surface area contributed by atoms with E-state index in [-0.39, 0.29) is 12.3 Å². The number of nitrogens with one attached hydrogen (secondary N) is 1. The lowest BCUT2D eigenvalue weighted by Gasteiger charge is -2.11. The van der Waals surface area contributed by atoms with Gasteiger partial charge in [-0.25, -0.2) is 0 Å². The Bertz CT molecular complexity index is 644. The van der Waals surface area contributed by atoms with Crippen molar-refractivity contribution in [1.29, 1.82) is 0 Å². The van der Waals surface area contributed by atoms with Crippen molar-refractivity contribution in [2.75, 3.05) is 12.8 Å². The molecule has 0 aliphatic heterocycles. The molecule has 2 rings (SSSR count). The Morgan fingerprint density at radius 3 is 2.76 bits per heavy atom. The fourth-order valence-electron chi connectivity index (χ4n) is 2.04. The van der Waals surface area contributed by atoms with Gasteiger partial charge in [-0.1, -0.05) is 29.8 Å². The zero-order chi connectivity index (χ0) is 15.2. The Morgan fingerprint density at radius 1 is 1.29 bits per heavy atom. The van der Waals surface area contributed by atoms with Gasteiger partial charge in [0.2, 0.25) is 5.91 Å². The molecule has 0 heterocycles. The molecule has 0 aliphatic rings. The molecule has 1 amide bonds. The molecule has 0 unspecified atom stereocenters. The lowest BCUT2D eigenvalue weighted by Crippen LogP contribution is -2.25. The molecule has 0 bridgehead atoms. The van der Waals surface area contributed by atoms with Gasteiger partial charge in [0.1, 0.15) is 5.75 Å². The molecule has 2 aromatic rings. The Kier molecular flexibility index (Phi) is 5.06. The molecule has 21 heavy (non-hydrogen) atoms. The largest absolute Gasteiger partial charge is 0.496 e. The van der Waals surface area contributed by atoms with Crippen LogP contribution >= 0.6 is 11.6 Å². The maximum absolute atomic E-state index is 12.0. The summed E-state index contributed by atoms with van der Waals surface area (Å²) in [5.74, 6) is 0.564. The third kappa shape index (κ3) is 4.13. The van der Waals surface area contributed by atoms with Gasteiger partial charge in [0.15, 0.2) is 0 Å². The first-order valence-corrected chi connectivity index (χ1v) is 6.90. The van der Waals surface area contributed by atoms with Crippen LogP contribution in [0.25, 0.3) is 0 Å². The number of hydrogen-bond donors (Lipinski definition) is 2. The van der Waals surface area contributed by atoms with Gasteiger partial charge < -0.3 is 15.8 Å².